The Morgan fingerprint density at radius 2 is 2.43 bits per heavy atom. The maximum Gasteiger partial charge on any atom is 0.232 e. The summed E-state index contributed by atoms with van der Waals surface area (Å²) in [5.41, 5.74) is 6.00. The van der Waals surface area contributed by atoms with Gasteiger partial charge in [-0.25, -0.2) is 9.98 Å². The van der Waals surface area contributed by atoms with Crippen LogP contribution in [0.3, 0.4) is 0 Å². The molecule has 7 heteroatoms. The quantitative estimate of drug-likeness (QED) is 0.349. The minimum Gasteiger partial charge on any atom is -0.475 e. The van der Waals surface area contributed by atoms with Gasteiger partial charge in [0.25, 0.3) is 0 Å². The van der Waals surface area contributed by atoms with Crippen LogP contribution in [0.15, 0.2) is 23.3 Å². The fourth-order valence-corrected chi connectivity index (χ4v) is 2.45. The van der Waals surface area contributed by atoms with Crippen molar-refractivity contribution in [1.82, 2.24) is 9.88 Å². The van der Waals surface area contributed by atoms with E-state index in [0.717, 1.165) is 13.1 Å². The number of nitrogens with two attached hydrogens (primary N) is 1. The molecule has 0 bridgehead atoms. The first-order chi connectivity index (χ1) is 9.66. The molecular formula is C14H22ClIN4O. The van der Waals surface area contributed by atoms with E-state index in [2.05, 4.69) is 21.8 Å². The molecule has 0 amide bonds. The minimum absolute atomic E-state index is 0. The number of pyridine rings is 1. The zero-order valence-corrected chi connectivity index (χ0v) is 15.3. The topological polar surface area (TPSA) is 63.7 Å². The molecule has 2 rings (SSSR count). The standard InChI is InChI=1S/C14H21ClN4O.HI/c1-11-4-3-8-19(10-11)14(16)18-7-9-20-13-12(15)5-2-6-17-13;/h2,5-6,11H,3-4,7-10H2,1H3,(H2,16,18);1H. The van der Waals surface area contributed by atoms with Gasteiger partial charge in [-0.1, -0.05) is 18.5 Å². The summed E-state index contributed by atoms with van der Waals surface area (Å²) in [5, 5.41) is 0.509. The van der Waals surface area contributed by atoms with Gasteiger partial charge in [-0.05, 0) is 30.9 Å². The van der Waals surface area contributed by atoms with Gasteiger partial charge in [-0.2, -0.15) is 0 Å². The summed E-state index contributed by atoms with van der Waals surface area (Å²) in [6, 6.07) is 3.51. The molecule has 0 aliphatic carbocycles. The van der Waals surface area contributed by atoms with E-state index in [1.807, 2.05) is 0 Å². The van der Waals surface area contributed by atoms with Crippen LogP contribution in [0.5, 0.6) is 5.88 Å². The van der Waals surface area contributed by atoms with Gasteiger partial charge in [0.1, 0.15) is 11.6 Å². The Labute approximate surface area is 147 Å². The van der Waals surface area contributed by atoms with Crippen LogP contribution >= 0.6 is 35.6 Å². The molecule has 1 atom stereocenters. The molecule has 118 valence electrons. The molecule has 0 spiro atoms. The number of hydrogen-bond donors (Lipinski definition) is 1. The van der Waals surface area contributed by atoms with Crippen molar-refractivity contribution in [2.24, 2.45) is 16.6 Å². The first-order valence-corrected chi connectivity index (χ1v) is 7.33. The predicted octanol–water partition coefficient (Wildman–Crippen LogP) is 2.78. The summed E-state index contributed by atoms with van der Waals surface area (Å²) >= 11 is 5.95. The molecule has 1 aromatic heterocycles. The highest BCUT2D eigenvalue weighted by Crippen LogP contribution is 2.19. The first-order valence-electron chi connectivity index (χ1n) is 6.95. The van der Waals surface area contributed by atoms with Crippen molar-refractivity contribution in [3.05, 3.63) is 23.4 Å². The third-order valence-electron chi connectivity index (χ3n) is 3.31. The molecule has 21 heavy (non-hydrogen) atoms. The Balaban J connectivity index is 0.00000220. The maximum absolute atomic E-state index is 6.00. The molecule has 1 aliphatic heterocycles. The number of hydrogen-bond acceptors (Lipinski definition) is 3. The number of aliphatic imine (C=N–C) groups is 1. The first kappa shape index (κ1) is 18.3. The molecule has 1 aromatic rings. The number of nitrogens with zero attached hydrogens (tertiary/aromatic N) is 3. The van der Waals surface area contributed by atoms with Crippen molar-refractivity contribution in [2.45, 2.75) is 19.8 Å². The molecule has 1 aliphatic rings. The lowest BCUT2D eigenvalue weighted by atomic mass is 10.0. The van der Waals surface area contributed by atoms with Crippen molar-refractivity contribution in [3.63, 3.8) is 0 Å². The third-order valence-corrected chi connectivity index (χ3v) is 3.60. The average Bonchev–Trinajstić information content (AvgIpc) is 2.45. The van der Waals surface area contributed by atoms with Crippen molar-refractivity contribution in [2.75, 3.05) is 26.2 Å². The molecule has 1 saturated heterocycles. The number of guanidine groups is 1. The average molecular weight is 425 g/mol. The second-order valence-electron chi connectivity index (χ2n) is 5.07. The third kappa shape index (κ3) is 5.86. The van der Waals surface area contributed by atoms with Gasteiger partial charge >= 0.3 is 0 Å². The van der Waals surface area contributed by atoms with Crippen molar-refractivity contribution >= 4 is 41.5 Å². The van der Waals surface area contributed by atoms with Gasteiger partial charge in [0.05, 0.1) is 6.54 Å². The molecular weight excluding hydrogens is 403 g/mol. The number of aromatic nitrogens is 1. The number of likely N-dealkylation sites (tertiary alicyclic amines) is 1. The normalized spacial score (nSPS) is 19.0. The number of rotatable bonds is 4. The van der Waals surface area contributed by atoms with Crippen LogP contribution < -0.4 is 10.5 Å². The van der Waals surface area contributed by atoms with Crippen LogP contribution in [-0.4, -0.2) is 42.1 Å². The summed E-state index contributed by atoms with van der Waals surface area (Å²) in [5.74, 6) is 1.72. The minimum atomic E-state index is 0. The van der Waals surface area contributed by atoms with Crippen LogP contribution in [0.1, 0.15) is 19.8 Å². The lowest BCUT2D eigenvalue weighted by Gasteiger charge is -2.31. The monoisotopic (exact) mass is 424 g/mol. The zero-order valence-electron chi connectivity index (χ0n) is 12.2. The summed E-state index contributed by atoms with van der Waals surface area (Å²) in [7, 11) is 0. The number of halogens is 2. The largest absolute Gasteiger partial charge is 0.475 e. The number of ether oxygens (including phenoxy) is 1. The van der Waals surface area contributed by atoms with E-state index in [1.165, 1.54) is 12.8 Å². The fraction of sp³-hybridized carbons (Fsp3) is 0.571. The summed E-state index contributed by atoms with van der Waals surface area (Å²) in [6.07, 6.45) is 4.09. The smallest absolute Gasteiger partial charge is 0.232 e. The Bertz CT molecular complexity index is 472. The van der Waals surface area contributed by atoms with Crippen LogP contribution in [0, 0.1) is 5.92 Å². The lowest BCUT2D eigenvalue weighted by molar-refractivity contribution is 0.268. The van der Waals surface area contributed by atoms with E-state index in [9.17, 15) is 0 Å². The molecule has 2 heterocycles. The predicted molar refractivity (Wildman–Crippen MR) is 96.6 cm³/mol. The molecule has 1 fully saturated rings. The molecule has 0 radical (unpaired) electrons. The SMILES string of the molecule is CC1CCCN(C(N)=NCCOc2ncccc2Cl)C1.I. The molecule has 0 aromatic carbocycles. The summed E-state index contributed by atoms with van der Waals surface area (Å²) in [4.78, 5) is 10.5. The Morgan fingerprint density at radius 1 is 1.62 bits per heavy atom. The highest BCUT2D eigenvalue weighted by molar-refractivity contribution is 14.0. The van der Waals surface area contributed by atoms with Crippen molar-refractivity contribution < 1.29 is 4.74 Å². The van der Waals surface area contributed by atoms with Gasteiger partial charge in [0.15, 0.2) is 5.96 Å². The van der Waals surface area contributed by atoms with E-state index < -0.39 is 0 Å². The fourth-order valence-electron chi connectivity index (χ4n) is 2.28. The van der Waals surface area contributed by atoms with Crippen LogP contribution in [-0.2, 0) is 0 Å². The van der Waals surface area contributed by atoms with Crippen molar-refractivity contribution in [1.29, 1.82) is 0 Å². The van der Waals surface area contributed by atoms with Gasteiger partial charge in [-0.3, -0.25) is 0 Å². The van der Waals surface area contributed by atoms with Gasteiger partial charge in [0.2, 0.25) is 5.88 Å². The van der Waals surface area contributed by atoms with Gasteiger partial charge in [-0.15, -0.1) is 24.0 Å². The van der Waals surface area contributed by atoms with Crippen LogP contribution in [0.25, 0.3) is 0 Å². The van der Waals surface area contributed by atoms with Crippen molar-refractivity contribution in [3.8, 4) is 5.88 Å². The maximum atomic E-state index is 6.00. The highest BCUT2D eigenvalue weighted by atomic mass is 127. The Kier molecular flexibility index (Phi) is 8.10. The van der Waals surface area contributed by atoms with E-state index in [4.69, 9.17) is 22.1 Å². The van der Waals surface area contributed by atoms with E-state index in [0.29, 0.717) is 35.9 Å². The Hall–Kier alpha value is -0.760. The van der Waals surface area contributed by atoms with Gasteiger partial charge < -0.3 is 15.4 Å². The molecule has 2 N–H and O–H groups in total. The van der Waals surface area contributed by atoms with Gasteiger partial charge in [0, 0.05) is 19.3 Å². The summed E-state index contributed by atoms with van der Waals surface area (Å²) < 4.78 is 5.47. The van der Waals surface area contributed by atoms with Crippen LogP contribution in [0.4, 0.5) is 0 Å². The molecule has 1 unspecified atom stereocenters. The molecule has 5 nitrogen and oxygen atoms in total. The van der Waals surface area contributed by atoms with E-state index in [1.54, 1.807) is 18.3 Å². The summed E-state index contributed by atoms with van der Waals surface area (Å²) in [6.45, 7) is 5.14. The van der Waals surface area contributed by atoms with E-state index in [-0.39, 0.29) is 24.0 Å². The van der Waals surface area contributed by atoms with Crippen LogP contribution in [0.2, 0.25) is 5.02 Å². The zero-order chi connectivity index (χ0) is 14.4. The van der Waals surface area contributed by atoms with E-state index >= 15 is 0 Å². The molecule has 0 saturated carbocycles. The second kappa shape index (κ2) is 9.30. The lowest BCUT2D eigenvalue weighted by Crippen LogP contribution is -2.43. The Morgan fingerprint density at radius 3 is 3.14 bits per heavy atom. The second-order valence-corrected chi connectivity index (χ2v) is 5.48. The number of piperidine rings is 1. The highest BCUT2D eigenvalue weighted by Gasteiger charge is 2.17.